The number of carbonyl (C=O) groups is 2. The van der Waals surface area contributed by atoms with E-state index in [0.717, 1.165) is 13.2 Å². The van der Waals surface area contributed by atoms with Crippen LogP contribution in [0.2, 0.25) is 17.7 Å². The van der Waals surface area contributed by atoms with Crippen molar-refractivity contribution in [1.82, 2.24) is 0 Å². The number of hydrogen-bond acceptors (Lipinski definition) is 6. The topological polar surface area (TPSA) is 98.7 Å². The van der Waals surface area contributed by atoms with Gasteiger partial charge in [0.1, 0.15) is 0 Å². The van der Waals surface area contributed by atoms with Gasteiger partial charge >= 0.3 is 196 Å². The van der Waals surface area contributed by atoms with Crippen LogP contribution in [0.15, 0.2) is 12.2 Å². The number of carbonyl (C=O) groups excluding carboxylic acids is 2. The van der Waals surface area contributed by atoms with Crippen LogP contribution in [0.5, 0.6) is 0 Å². The van der Waals surface area contributed by atoms with Gasteiger partial charge < -0.3 is 19.8 Å². The Morgan fingerprint density at radius 1 is 0.528 bits per heavy atom. The van der Waals surface area contributed by atoms with E-state index in [-0.39, 0.29) is 0 Å². The van der Waals surface area contributed by atoms with Crippen LogP contribution in [-0.2, 0) is 15.7 Å². The van der Waals surface area contributed by atoms with E-state index in [4.69, 9.17) is 6.15 Å². The summed E-state index contributed by atoms with van der Waals surface area (Å²) in [7, 11) is 0. The van der Waals surface area contributed by atoms with Crippen molar-refractivity contribution in [3.63, 3.8) is 0 Å². The van der Waals surface area contributed by atoms with Gasteiger partial charge in [-0.3, -0.25) is 0 Å². The van der Waals surface area contributed by atoms with Crippen LogP contribution in [0.3, 0.4) is 0 Å². The zero-order chi connectivity index (χ0) is 27.9. The van der Waals surface area contributed by atoms with Gasteiger partial charge in [-0.05, 0) is 12.2 Å². The molecule has 0 saturated carbocycles. The summed E-state index contributed by atoms with van der Waals surface area (Å²) in [6.07, 6.45) is 16.8. The molecule has 212 valence electrons. The van der Waals surface area contributed by atoms with E-state index in [2.05, 4.69) is 41.5 Å². The Labute approximate surface area is 238 Å². The monoisotopic (exact) mass is 728 g/mol. The molecule has 0 amide bonds. The summed E-state index contributed by atoms with van der Waals surface area (Å²) in [6.45, 7) is 15.7. The van der Waals surface area contributed by atoms with Crippen molar-refractivity contribution < 1.29 is 26.0 Å². The smallest absolute Gasteiger partial charge is 0.0643 e. The third-order valence-corrected chi connectivity index (χ3v) is 19.1. The van der Waals surface area contributed by atoms with E-state index in [1.165, 1.54) is 94.8 Å². The summed E-state index contributed by atoms with van der Waals surface area (Å²) in [6, 6.07) is 0. The summed E-state index contributed by atoms with van der Waals surface area (Å²) < 4.78 is 18.0. The average Bonchev–Trinajstić information content (AvgIpc) is 2.86. The normalized spacial score (nSPS) is 10.3. The number of carboxylic acids is 2. The van der Waals surface area contributed by atoms with Gasteiger partial charge in [-0.15, -0.1) is 0 Å². The Kier molecular flexibility index (Phi) is 39.8. The molecule has 6 nitrogen and oxygen atoms in total. The molecule has 36 heavy (non-hydrogen) atoms. The van der Waals surface area contributed by atoms with Crippen molar-refractivity contribution >= 4 is 52.3 Å². The summed E-state index contributed by atoms with van der Waals surface area (Å²) in [5.74, 6) is -3.09. The maximum absolute atomic E-state index is 9.41. The Balaban J connectivity index is -0.000000472. The van der Waals surface area contributed by atoms with Crippen LogP contribution >= 0.6 is 0 Å². The SMILES string of the molecule is CCCC[O][Sn+]([CH2]CCC)[CH2]CCC.CCCC[O][Sn+]([CH2]CCC)[CH2]CCC.O=C([O-])C=CC(=O)[O-]. The van der Waals surface area contributed by atoms with Gasteiger partial charge in [0.05, 0.1) is 11.9 Å². The first-order chi connectivity index (χ1) is 17.3. The standard InChI is InChI=1S/C4H4O4.2C4H9O.4C4H9.2Sn/c5-3(6)1-2-4(7)8;2*1-2-3-4-5;4*1-3-4-2;;/h1-2H,(H,5,6)(H,7,8);2*2-4H2,1H3;4*1,3-4H2,2H3;;/q;2*-1;;;;;2*+2/p-2. The Hall–Kier alpha value is 0.197. The number of hydrogen-bond donors (Lipinski definition) is 0. The van der Waals surface area contributed by atoms with Gasteiger partial charge in [0.25, 0.3) is 0 Å². The molecule has 0 saturated heterocycles. The second kappa shape index (κ2) is 35.2. The fraction of sp³-hybridized carbons (Fsp3) is 0.857. The Morgan fingerprint density at radius 2 is 0.778 bits per heavy atom. The van der Waals surface area contributed by atoms with Gasteiger partial charge in [0.15, 0.2) is 0 Å². The average molecular weight is 726 g/mol. The van der Waals surface area contributed by atoms with Crippen molar-refractivity contribution in [2.24, 2.45) is 0 Å². The molecule has 0 spiro atoms. The molecule has 0 aliphatic heterocycles. The largest absolute Gasteiger partial charge is 0.545 e. The van der Waals surface area contributed by atoms with Gasteiger partial charge in [-0.2, -0.15) is 0 Å². The van der Waals surface area contributed by atoms with E-state index < -0.39 is 52.3 Å². The van der Waals surface area contributed by atoms with Gasteiger partial charge in [-0.25, -0.2) is 0 Å². The predicted molar refractivity (Wildman–Crippen MR) is 151 cm³/mol. The van der Waals surface area contributed by atoms with E-state index in [0.29, 0.717) is 12.2 Å². The maximum atomic E-state index is 9.41. The Morgan fingerprint density at radius 3 is 0.972 bits per heavy atom. The van der Waals surface area contributed by atoms with Crippen molar-refractivity contribution in [3.05, 3.63) is 12.2 Å². The quantitative estimate of drug-likeness (QED) is 0.0792. The molecule has 0 aliphatic rings. The van der Waals surface area contributed by atoms with Crippen LogP contribution in [0.4, 0.5) is 0 Å². The molecule has 0 aromatic rings. The molecule has 0 unspecified atom stereocenters. The van der Waals surface area contributed by atoms with E-state index in [1.54, 1.807) is 0 Å². The number of aliphatic carboxylic acids is 2. The number of unbranched alkanes of at least 4 members (excludes halogenated alkanes) is 6. The van der Waals surface area contributed by atoms with E-state index in [1.807, 2.05) is 0 Å². The van der Waals surface area contributed by atoms with Crippen LogP contribution in [0.25, 0.3) is 0 Å². The molecule has 0 aromatic heterocycles. The molecule has 0 fully saturated rings. The summed E-state index contributed by atoms with van der Waals surface area (Å²) in [4.78, 5) is 18.8. The first-order valence-corrected chi connectivity index (χ1v) is 24.8. The molecule has 0 radical (unpaired) electrons. The third kappa shape index (κ3) is 38.7. The van der Waals surface area contributed by atoms with Gasteiger partial charge in [0.2, 0.25) is 0 Å². The molecule has 0 rings (SSSR count). The fourth-order valence-corrected chi connectivity index (χ4v) is 17.0. The van der Waals surface area contributed by atoms with E-state index in [9.17, 15) is 19.8 Å². The number of rotatable bonds is 22. The molecule has 0 heterocycles. The second-order valence-electron chi connectivity index (χ2n) is 8.87. The van der Waals surface area contributed by atoms with Crippen molar-refractivity contribution in [1.29, 1.82) is 0 Å². The zero-order valence-corrected chi connectivity index (χ0v) is 30.0. The van der Waals surface area contributed by atoms with Crippen LogP contribution in [0, 0.1) is 0 Å². The van der Waals surface area contributed by atoms with Gasteiger partial charge in [0, 0.05) is 0 Å². The molecule has 0 aromatic carbocycles. The maximum Gasteiger partial charge on any atom is 0.0643 e. The predicted octanol–water partition coefficient (Wildman–Crippen LogP) is 5.83. The minimum atomic E-state index is -1.55. The fourth-order valence-electron chi connectivity index (χ4n) is 2.89. The molecule has 0 bridgehead atoms. The van der Waals surface area contributed by atoms with Crippen LogP contribution < -0.4 is 10.2 Å². The summed E-state index contributed by atoms with van der Waals surface area (Å²) in [5, 5.41) is 18.8. The molecule has 0 N–H and O–H groups in total. The van der Waals surface area contributed by atoms with Crippen LogP contribution in [-0.4, -0.2) is 65.5 Å². The number of carboxylic acid groups (broad SMARTS) is 2. The zero-order valence-electron chi connectivity index (χ0n) is 24.3. The molecule has 8 heteroatoms. The van der Waals surface area contributed by atoms with Gasteiger partial charge in [-0.1, -0.05) is 0 Å². The minimum absolute atomic E-state index is 0.384. The van der Waals surface area contributed by atoms with Crippen LogP contribution in [0.1, 0.15) is 119 Å². The first-order valence-electron chi connectivity index (χ1n) is 14.4. The van der Waals surface area contributed by atoms with Crippen molar-refractivity contribution in [3.8, 4) is 0 Å². The summed E-state index contributed by atoms with van der Waals surface area (Å²) >= 11 is -2.72. The molecular formula is C28H56O6Sn2. The Bertz CT molecular complexity index is 431. The molecule has 0 atom stereocenters. The van der Waals surface area contributed by atoms with Crippen molar-refractivity contribution in [2.75, 3.05) is 13.2 Å². The third-order valence-electron chi connectivity index (χ3n) is 5.20. The summed E-state index contributed by atoms with van der Waals surface area (Å²) in [5.41, 5.74) is 0. The first kappa shape index (κ1) is 40.7. The second-order valence-corrected chi connectivity index (χ2v) is 22.4. The van der Waals surface area contributed by atoms with E-state index >= 15 is 0 Å². The molecular weight excluding hydrogens is 670 g/mol. The molecule has 0 aliphatic carbocycles. The van der Waals surface area contributed by atoms with Crippen molar-refractivity contribution in [2.45, 2.75) is 136 Å². The minimum Gasteiger partial charge on any atom is -0.545 e.